The smallest absolute Gasteiger partial charge is 0.145 e. The van der Waals surface area contributed by atoms with Crippen molar-refractivity contribution in [1.29, 1.82) is 5.26 Å². The number of hydrogen-bond acceptors (Lipinski definition) is 4. The van der Waals surface area contributed by atoms with E-state index in [2.05, 4.69) is 31.8 Å². The van der Waals surface area contributed by atoms with Gasteiger partial charge in [-0.25, -0.2) is 4.99 Å². The lowest BCUT2D eigenvalue weighted by atomic mass is 9.72. The zero-order valence-corrected chi connectivity index (χ0v) is 15.0. The second-order valence-electron chi connectivity index (χ2n) is 7.31. The zero-order valence-electron chi connectivity index (χ0n) is 14.1. The first kappa shape index (κ1) is 16.0. The van der Waals surface area contributed by atoms with Gasteiger partial charge in [-0.1, -0.05) is 20.8 Å². The molecule has 2 aromatic rings. The summed E-state index contributed by atoms with van der Waals surface area (Å²) in [4.78, 5) is 5.87. The maximum absolute atomic E-state index is 9.55. The minimum Gasteiger partial charge on any atom is -0.460 e. The van der Waals surface area contributed by atoms with Gasteiger partial charge in [-0.2, -0.15) is 5.26 Å². The quantitative estimate of drug-likeness (QED) is 0.692. The van der Waals surface area contributed by atoms with Crippen LogP contribution in [0, 0.1) is 29.6 Å². The predicted molar refractivity (Wildman–Crippen MR) is 94.7 cm³/mol. The number of aliphatic imine (C=N–C) groups is 1. The highest BCUT2D eigenvalue weighted by Crippen LogP contribution is 2.44. The van der Waals surface area contributed by atoms with Crippen molar-refractivity contribution in [2.75, 3.05) is 0 Å². The highest BCUT2D eigenvalue weighted by molar-refractivity contribution is 7.16. The van der Waals surface area contributed by atoms with Gasteiger partial charge >= 0.3 is 0 Å². The highest BCUT2D eigenvalue weighted by Gasteiger charge is 2.32. The summed E-state index contributed by atoms with van der Waals surface area (Å²) in [5.41, 5.74) is 2.29. The van der Waals surface area contributed by atoms with E-state index in [-0.39, 0.29) is 0 Å². The predicted octanol–water partition coefficient (Wildman–Crippen LogP) is 5.42. The fourth-order valence-corrected chi connectivity index (χ4v) is 4.38. The van der Waals surface area contributed by atoms with Gasteiger partial charge < -0.3 is 4.42 Å². The monoisotopic (exact) mass is 326 g/mol. The number of aryl methyl sites for hydroxylation is 1. The Bertz CT molecular complexity index is 783. The molecule has 1 aliphatic rings. The molecule has 4 heteroatoms. The molecule has 120 valence electrons. The third-order valence-electron chi connectivity index (χ3n) is 4.65. The van der Waals surface area contributed by atoms with Gasteiger partial charge in [0.2, 0.25) is 0 Å². The Labute approximate surface area is 141 Å². The van der Waals surface area contributed by atoms with Crippen LogP contribution in [-0.4, -0.2) is 6.21 Å². The summed E-state index contributed by atoms with van der Waals surface area (Å²) >= 11 is 1.67. The van der Waals surface area contributed by atoms with Crippen LogP contribution in [0.15, 0.2) is 21.5 Å². The Hall–Kier alpha value is -1.86. The molecule has 2 aromatic heterocycles. The van der Waals surface area contributed by atoms with Crippen LogP contribution < -0.4 is 0 Å². The molecule has 0 N–H and O–H groups in total. The summed E-state index contributed by atoms with van der Waals surface area (Å²) in [6.45, 7) is 8.83. The molecule has 1 atom stereocenters. The number of rotatable bonds is 2. The van der Waals surface area contributed by atoms with Gasteiger partial charge in [0.25, 0.3) is 0 Å². The largest absolute Gasteiger partial charge is 0.460 e. The highest BCUT2D eigenvalue weighted by atomic mass is 32.1. The molecule has 3 rings (SSSR count). The second kappa shape index (κ2) is 5.98. The lowest BCUT2D eigenvalue weighted by Gasteiger charge is -2.33. The number of furan rings is 1. The van der Waals surface area contributed by atoms with Crippen LogP contribution in [0.3, 0.4) is 0 Å². The van der Waals surface area contributed by atoms with E-state index in [9.17, 15) is 5.26 Å². The normalized spacial score (nSPS) is 18.1. The summed E-state index contributed by atoms with van der Waals surface area (Å²) in [5, 5.41) is 10.4. The summed E-state index contributed by atoms with van der Waals surface area (Å²) in [5.74, 6) is 2.26. The van der Waals surface area contributed by atoms with Gasteiger partial charge in [0.15, 0.2) is 0 Å². The van der Waals surface area contributed by atoms with Crippen molar-refractivity contribution in [3.63, 3.8) is 0 Å². The molecule has 23 heavy (non-hydrogen) atoms. The van der Waals surface area contributed by atoms with Crippen LogP contribution in [0.5, 0.6) is 0 Å². The van der Waals surface area contributed by atoms with E-state index in [1.807, 2.05) is 19.1 Å². The van der Waals surface area contributed by atoms with Crippen LogP contribution in [0.2, 0.25) is 0 Å². The fraction of sp³-hybridized carbons (Fsp3) is 0.474. The van der Waals surface area contributed by atoms with E-state index in [0.29, 0.717) is 11.3 Å². The fourth-order valence-electron chi connectivity index (χ4n) is 3.16. The third-order valence-corrected chi connectivity index (χ3v) is 5.82. The SMILES string of the molecule is Cc1ccc(C=Nc2sc3c(c2C#N)CC[C@H](C(C)(C)C)C3)o1. The molecule has 0 spiro atoms. The van der Waals surface area contributed by atoms with Crippen molar-refractivity contribution in [3.8, 4) is 6.07 Å². The number of hydrogen-bond donors (Lipinski definition) is 0. The maximum Gasteiger partial charge on any atom is 0.145 e. The molecule has 1 aliphatic carbocycles. The van der Waals surface area contributed by atoms with Gasteiger partial charge in [0.1, 0.15) is 22.6 Å². The van der Waals surface area contributed by atoms with E-state index >= 15 is 0 Å². The van der Waals surface area contributed by atoms with Crippen LogP contribution in [0.1, 0.15) is 54.7 Å². The molecular weight excluding hydrogens is 304 g/mol. The van der Waals surface area contributed by atoms with Gasteiger partial charge in [0, 0.05) is 4.88 Å². The first-order valence-electron chi connectivity index (χ1n) is 8.03. The van der Waals surface area contributed by atoms with Crippen molar-refractivity contribution in [2.45, 2.75) is 47.0 Å². The molecule has 0 saturated carbocycles. The summed E-state index contributed by atoms with van der Waals surface area (Å²) in [6, 6.07) is 6.18. The summed E-state index contributed by atoms with van der Waals surface area (Å²) in [6.07, 6.45) is 4.93. The molecule has 0 unspecified atom stereocenters. The Morgan fingerprint density at radius 1 is 1.39 bits per heavy atom. The number of thiophene rings is 1. The van der Waals surface area contributed by atoms with E-state index in [4.69, 9.17) is 4.42 Å². The van der Waals surface area contributed by atoms with Crippen molar-refractivity contribution in [2.24, 2.45) is 16.3 Å². The second-order valence-corrected chi connectivity index (χ2v) is 8.39. The third kappa shape index (κ3) is 3.25. The first-order valence-corrected chi connectivity index (χ1v) is 8.85. The van der Waals surface area contributed by atoms with Crippen molar-refractivity contribution in [1.82, 2.24) is 0 Å². The molecule has 0 aliphatic heterocycles. The van der Waals surface area contributed by atoms with Gasteiger partial charge in [-0.15, -0.1) is 11.3 Å². The van der Waals surface area contributed by atoms with Crippen LogP contribution in [0.25, 0.3) is 0 Å². The molecule has 0 aromatic carbocycles. The Kier molecular flexibility index (Phi) is 4.16. The minimum atomic E-state index is 0.309. The first-order chi connectivity index (χ1) is 10.9. The number of fused-ring (bicyclic) bond motifs is 1. The number of nitriles is 1. The van der Waals surface area contributed by atoms with Gasteiger partial charge in [-0.05, 0) is 55.2 Å². The average Bonchev–Trinajstić information content (AvgIpc) is 3.06. The topological polar surface area (TPSA) is 49.3 Å². The minimum absolute atomic E-state index is 0.309. The summed E-state index contributed by atoms with van der Waals surface area (Å²) < 4.78 is 5.51. The molecular formula is C19H22N2OS. The van der Waals surface area contributed by atoms with Gasteiger partial charge in [0.05, 0.1) is 11.8 Å². The van der Waals surface area contributed by atoms with Gasteiger partial charge in [-0.3, -0.25) is 0 Å². The molecule has 0 radical (unpaired) electrons. The zero-order chi connectivity index (χ0) is 16.6. The van der Waals surface area contributed by atoms with Crippen molar-refractivity contribution >= 4 is 22.6 Å². The average molecular weight is 326 g/mol. The van der Waals surface area contributed by atoms with E-state index in [0.717, 1.165) is 41.3 Å². The van der Waals surface area contributed by atoms with E-state index in [1.54, 1.807) is 17.6 Å². The maximum atomic E-state index is 9.55. The Morgan fingerprint density at radius 2 is 2.17 bits per heavy atom. The van der Waals surface area contributed by atoms with Crippen molar-refractivity contribution in [3.05, 3.63) is 39.7 Å². The Morgan fingerprint density at radius 3 is 2.78 bits per heavy atom. The summed E-state index contributed by atoms with van der Waals surface area (Å²) in [7, 11) is 0. The molecule has 0 bridgehead atoms. The molecule has 0 fully saturated rings. The molecule has 0 amide bonds. The molecule has 3 nitrogen and oxygen atoms in total. The van der Waals surface area contributed by atoms with Crippen molar-refractivity contribution < 1.29 is 4.42 Å². The number of nitrogens with zero attached hydrogens (tertiary/aromatic N) is 2. The Balaban J connectivity index is 1.90. The van der Waals surface area contributed by atoms with Crippen LogP contribution >= 0.6 is 11.3 Å². The lowest BCUT2D eigenvalue weighted by molar-refractivity contribution is 0.218. The van der Waals surface area contributed by atoms with Crippen LogP contribution in [-0.2, 0) is 12.8 Å². The lowest BCUT2D eigenvalue weighted by Crippen LogP contribution is -2.26. The van der Waals surface area contributed by atoms with Crippen LogP contribution in [0.4, 0.5) is 5.00 Å². The molecule has 0 saturated heterocycles. The standard InChI is InChI=1S/C19H22N2OS/c1-12-5-7-14(22-12)11-21-18-16(10-20)15-8-6-13(19(2,3)4)9-17(15)23-18/h5,7,11,13H,6,8-9H2,1-4H3/t13-/m0/s1. The van der Waals surface area contributed by atoms with E-state index < -0.39 is 0 Å². The van der Waals surface area contributed by atoms with E-state index in [1.165, 1.54) is 10.4 Å². The molecule has 2 heterocycles.